The van der Waals surface area contributed by atoms with Crippen LogP contribution in [0.1, 0.15) is 35.2 Å². The Balaban J connectivity index is 1.91. The second-order valence-corrected chi connectivity index (χ2v) is 5.02. The molecule has 1 N–H and O–H groups in total. The highest BCUT2D eigenvalue weighted by atomic mass is 16.2. The molecule has 3 heteroatoms. The van der Waals surface area contributed by atoms with Crippen LogP contribution < -0.4 is 5.32 Å². The molecule has 3 nitrogen and oxygen atoms in total. The number of fused-ring (bicyclic) bond motifs is 1. The van der Waals surface area contributed by atoms with Crippen LogP contribution >= 0.6 is 0 Å². The number of benzene rings is 1. The number of carbonyl (C=O) groups is 1. The molecule has 3 rings (SSSR count). The molecule has 2 heterocycles. The summed E-state index contributed by atoms with van der Waals surface area (Å²) < 4.78 is 0. The number of nitrogens with one attached hydrogen (secondary N) is 1. The average molecular weight is 242 g/mol. The summed E-state index contributed by atoms with van der Waals surface area (Å²) >= 11 is 0. The van der Waals surface area contributed by atoms with Gasteiger partial charge in [0, 0.05) is 29.4 Å². The zero-order chi connectivity index (χ0) is 12.5. The Morgan fingerprint density at radius 3 is 2.78 bits per heavy atom. The van der Waals surface area contributed by atoms with Crippen molar-refractivity contribution in [2.75, 3.05) is 13.1 Å². The molecule has 0 radical (unpaired) electrons. The van der Waals surface area contributed by atoms with Crippen LogP contribution in [0.25, 0.3) is 5.70 Å². The van der Waals surface area contributed by atoms with Crippen LogP contribution in [0.2, 0.25) is 0 Å². The van der Waals surface area contributed by atoms with E-state index < -0.39 is 0 Å². The Labute approximate surface area is 107 Å². The molecule has 1 saturated heterocycles. The third kappa shape index (κ3) is 1.75. The van der Waals surface area contributed by atoms with Crippen molar-refractivity contribution < 1.29 is 4.79 Å². The molecule has 0 spiro atoms. The predicted molar refractivity (Wildman–Crippen MR) is 72.2 cm³/mol. The lowest BCUT2D eigenvalue weighted by atomic mass is 10.1. The highest BCUT2D eigenvalue weighted by Crippen LogP contribution is 2.34. The molecule has 2 aliphatic heterocycles. The number of carbonyl (C=O) groups excluding carboxylic acids is 1. The zero-order valence-corrected chi connectivity index (χ0v) is 10.5. The fourth-order valence-corrected chi connectivity index (χ4v) is 2.91. The van der Waals surface area contributed by atoms with Gasteiger partial charge in [-0.05, 0) is 25.5 Å². The molecule has 0 bridgehead atoms. The van der Waals surface area contributed by atoms with Crippen molar-refractivity contribution in [3.05, 3.63) is 42.0 Å². The SMILES string of the molecule is C=C1c2ccccc2C(=O)N1C1CCCCNC1. The quantitative estimate of drug-likeness (QED) is 0.819. The minimum absolute atomic E-state index is 0.115. The number of hydrogen-bond acceptors (Lipinski definition) is 2. The summed E-state index contributed by atoms with van der Waals surface area (Å²) in [5, 5.41) is 3.41. The first kappa shape index (κ1) is 11.5. The van der Waals surface area contributed by atoms with Crippen molar-refractivity contribution in [3.8, 4) is 0 Å². The summed E-state index contributed by atoms with van der Waals surface area (Å²) in [7, 11) is 0. The van der Waals surface area contributed by atoms with E-state index in [-0.39, 0.29) is 11.9 Å². The molecule has 1 amide bonds. The van der Waals surface area contributed by atoms with Crippen LogP contribution in [0, 0.1) is 0 Å². The normalized spacial score (nSPS) is 24.0. The number of rotatable bonds is 1. The summed E-state index contributed by atoms with van der Waals surface area (Å²) in [5.74, 6) is 0.115. The molecular formula is C15H18N2O. The van der Waals surface area contributed by atoms with Crippen LogP contribution in [0.4, 0.5) is 0 Å². The van der Waals surface area contributed by atoms with Crippen LogP contribution in [0.5, 0.6) is 0 Å². The van der Waals surface area contributed by atoms with E-state index in [1.807, 2.05) is 29.2 Å². The molecule has 0 aromatic heterocycles. The van der Waals surface area contributed by atoms with Crippen molar-refractivity contribution >= 4 is 11.6 Å². The maximum atomic E-state index is 12.5. The van der Waals surface area contributed by atoms with Crippen molar-refractivity contribution in [3.63, 3.8) is 0 Å². The van der Waals surface area contributed by atoms with E-state index in [2.05, 4.69) is 11.9 Å². The lowest BCUT2D eigenvalue weighted by Gasteiger charge is -2.27. The second-order valence-electron chi connectivity index (χ2n) is 5.02. The van der Waals surface area contributed by atoms with Crippen molar-refractivity contribution in [2.45, 2.75) is 25.3 Å². The summed E-state index contributed by atoms with van der Waals surface area (Å²) in [6.07, 6.45) is 3.43. The molecule has 0 aliphatic carbocycles. The summed E-state index contributed by atoms with van der Waals surface area (Å²) in [6, 6.07) is 8.01. The molecule has 1 unspecified atom stereocenters. The number of nitrogens with zero attached hydrogens (tertiary/aromatic N) is 1. The lowest BCUT2D eigenvalue weighted by molar-refractivity contribution is 0.0800. The van der Waals surface area contributed by atoms with Crippen LogP contribution in [0.3, 0.4) is 0 Å². The van der Waals surface area contributed by atoms with E-state index in [9.17, 15) is 4.79 Å². The van der Waals surface area contributed by atoms with E-state index in [0.717, 1.165) is 36.3 Å². The predicted octanol–water partition coefficient (Wildman–Crippen LogP) is 2.26. The van der Waals surface area contributed by atoms with Gasteiger partial charge >= 0.3 is 0 Å². The Kier molecular flexibility index (Phi) is 2.92. The molecular weight excluding hydrogens is 224 g/mol. The van der Waals surface area contributed by atoms with Gasteiger partial charge in [-0.25, -0.2) is 0 Å². The maximum Gasteiger partial charge on any atom is 0.259 e. The third-order valence-corrected chi connectivity index (χ3v) is 3.86. The van der Waals surface area contributed by atoms with E-state index in [1.54, 1.807) is 0 Å². The van der Waals surface area contributed by atoms with Crippen LogP contribution in [-0.4, -0.2) is 29.9 Å². The topological polar surface area (TPSA) is 32.3 Å². The van der Waals surface area contributed by atoms with Gasteiger partial charge in [-0.1, -0.05) is 31.2 Å². The van der Waals surface area contributed by atoms with Crippen molar-refractivity contribution in [2.24, 2.45) is 0 Å². The van der Waals surface area contributed by atoms with E-state index >= 15 is 0 Å². The highest BCUT2D eigenvalue weighted by molar-refractivity contribution is 6.09. The maximum absolute atomic E-state index is 12.5. The second kappa shape index (κ2) is 4.58. The zero-order valence-electron chi connectivity index (χ0n) is 10.5. The first-order chi connectivity index (χ1) is 8.79. The molecule has 1 fully saturated rings. The van der Waals surface area contributed by atoms with E-state index in [4.69, 9.17) is 0 Å². The summed E-state index contributed by atoms with van der Waals surface area (Å²) in [6.45, 7) is 6.04. The number of hydrogen-bond donors (Lipinski definition) is 1. The van der Waals surface area contributed by atoms with Crippen molar-refractivity contribution in [1.29, 1.82) is 0 Å². The molecule has 18 heavy (non-hydrogen) atoms. The minimum Gasteiger partial charge on any atom is -0.315 e. The lowest BCUT2D eigenvalue weighted by Crippen LogP contribution is -2.40. The van der Waals surface area contributed by atoms with Gasteiger partial charge in [-0.15, -0.1) is 0 Å². The Bertz CT molecular complexity index is 452. The van der Waals surface area contributed by atoms with Gasteiger partial charge in [0.25, 0.3) is 5.91 Å². The van der Waals surface area contributed by atoms with Gasteiger partial charge in [0.15, 0.2) is 0 Å². The molecule has 1 atom stereocenters. The fourth-order valence-electron chi connectivity index (χ4n) is 2.91. The van der Waals surface area contributed by atoms with E-state index in [0.29, 0.717) is 0 Å². The number of amides is 1. The van der Waals surface area contributed by atoms with Crippen molar-refractivity contribution in [1.82, 2.24) is 10.2 Å². The molecule has 1 aromatic rings. The van der Waals surface area contributed by atoms with Gasteiger partial charge in [0.1, 0.15) is 0 Å². The largest absolute Gasteiger partial charge is 0.315 e. The molecule has 2 aliphatic rings. The van der Waals surface area contributed by atoms with Gasteiger partial charge in [0.05, 0.1) is 0 Å². The van der Waals surface area contributed by atoms with E-state index in [1.165, 1.54) is 12.8 Å². The molecule has 94 valence electrons. The smallest absolute Gasteiger partial charge is 0.259 e. The highest BCUT2D eigenvalue weighted by Gasteiger charge is 2.35. The van der Waals surface area contributed by atoms with Gasteiger partial charge in [0.2, 0.25) is 0 Å². The fraction of sp³-hybridized carbons (Fsp3) is 0.400. The van der Waals surface area contributed by atoms with Gasteiger partial charge in [-0.2, -0.15) is 0 Å². The Morgan fingerprint density at radius 1 is 1.22 bits per heavy atom. The molecule has 0 saturated carbocycles. The average Bonchev–Trinajstić information content (AvgIpc) is 2.61. The summed E-state index contributed by atoms with van der Waals surface area (Å²) in [5.41, 5.74) is 2.66. The molecule has 1 aromatic carbocycles. The van der Waals surface area contributed by atoms with Crippen LogP contribution in [-0.2, 0) is 0 Å². The Morgan fingerprint density at radius 2 is 2.00 bits per heavy atom. The van der Waals surface area contributed by atoms with Crippen LogP contribution in [0.15, 0.2) is 30.8 Å². The summed E-state index contributed by atoms with van der Waals surface area (Å²) in [4.78, 5) is 14.3. The minimum atomic E-state index is 0.115. The van der Waals surface area contributed by atoms with Gasteiger partial charge in [-0.3, -0.25) is 4.79 Å². The first-order valence-electron chi connectivity index (χ1n) is 6.61. The monoisotopic (exact) mass is 242 g/mol. The van der Waals surface area contributed by atoms with Gasteiger partial charge < -0.3 is 10.2 Å². The standard InChI is InChI=1S/C15H18N2O/c1-11-13-7-2-3-8-14(13)15(18)17(11)12-6-4-5-9-16-10-12/h2-3,7-8,12,16H,1,4-6,9-10H2. The third-order valence-electron chi connectivity index (χ3n) is 3.86. The Hall–Kier alpha value is -1.61. The first-order valence-corrected chi connectivity index (χ1v) is 6.61.